The van der Waals surface area contributed by atoms with Crippen molar-refractivity contribution in [3.05, 3.63) is 60.3 Å². The highest BCUT2D eigenvalue weighted by atomic mass is 32.2. The summed E-state index contributed by atoms with van der Waals surface area (Å²) in [5.41, 5.74) is 7.25. The normalized spacial score (nSPS) is 10.5. The summed E-state index contributed by atoms with van der Waals surface area (Å²) in [6, 6.07) is 9.33. The monoisotopic (exact) mass is 387 g/mol. The maximum absolute atomic E-state index is 13.2. The van der Waals surface area contributed by atoms with Gasteiger partial charge in [0.2, 0.25) is 0 Å². The predicted molar refractivity (Wildman–Crippen MR) is 103 cm³/mol. The number of nitrogens with two attached hydrogens (primary N) is 1. The van der Waals surface area contributed by atoms with E-state index in [-0.39, 0.29) is 5.69 Å². The first-order chi connectivity index (χ1) is 13.0. The molecule has 138 valence electrons. The Morgan fingerprint density at radius 3 is 2.33 bits per heavy atom. The molecule has 0 fully saturated rings. The minimum absolute atomic E-state index is 0.140. The highest BCUT2D eigenvalue weighted by molar-refractivity contribution is 7.98. The summed E-state index contributed by atoms with van der Waals surface area (Å²) in [7, 11) is 0. The number of anilines is 3. The average molecular weight is 387 g/mol. The zero-order valence-corrected chi connectivity index (χ0v) is 15.0. The molecule has 27 heavy (non-hydrogen) atoms. The number of amides is 2. The topological polar surface area (TPSA) is 92.9 Å². The number of nitrogen functional groups attached to an aromatic ring is 1. The molecule has 0 spiro atoms. The molecule has 9 heteroatoms. The number of nitrogens with one attached hydrogen (secondary N) is 2. The molecule has 0 aliphatic rings. The van der Waals surface area contributed by atoms with Crippen molar-refractivity contribution >= 4 is 35.0 Å². The maximum atomic E-state index is 13.2. The number of nitrogens with zero attached hydrogens (tertiary/aromatic N) is 2. The van der Waals surface area contributed by atoms with E-state index >= 15 is 0 Å². The summed E-state index contributed by atoms with van der Waals surface area (Å²) >= 11 is 1.46. The third-order valence-corrected chi connectivity index (χ3v) is 4.34. The molecule has 0 bridgehead atoms. The van der Waals surface area contributed by atoms with E-state index in [0.717, 1.165) is 22.6 Å². The minimum Gasteiger partial charge on any atom is -0.383 e. The van der Waals surface area contributed by atoms with Crippen molar-refractivity contribution in [2.75, 3.05) is 22.6 Å². The number of rotatable bonds is 4. The number of urea groups is 1. The van der Waals surface area contributed by atoms with Crippen LogP contribution in [0.3, 0.4) is 0 Å². The van der Waals surface area contributed by atoms with Crippen LogP contribution in [0.15, 0.2) is 53.6 Å². The summed E-state index contributed by atoms with van der Waals surface area (Å²) in [5, 5.41) is 5.02. The molecule has 1 aromatic heterocycles. The molecule has 3 rings (SSSR count). The van der Waals surface area contributed by atoms with Crippen LogP contribution in [0.5, 0.6) is 0 Å². The van der Waals surface area contributed by atoms with Gasteiger partial charge in [-0.05, 0) is 42.7 Å². The summed E-state index contributed by atoms with van der Waals surface area (Å²) in [4.78, 5) is 21.3. The van der Waals surface area contributed by atoms with Crippen molar-refractivity contribution in [1.82, 2.24) is 9.97 Å². The summed E-state index contributed by atoms with van der Waals surface area (Å²) in [6.45, 7) is 0. The Bertz CT molecular complexity index is 982. The van der Waals surface area contributed by atoms with Gasteiger partial charge in [0.05, 0.1) is 4.90 Å². The number of carbonyl (C=O) groups is 1. The molecule has 0 saturated carbocycles. The van der Waals surface area contributed by atoms with Crippen LogP contribution in [0, 0.1) is 11.6 Å². The smallest absolute Gasteiger partial charge is 0.323 e. The fourth-order valence-corrected chi connectivity index (χ4v) is 2.66. The van der Waals surface area contributed by atoms with Gasteiger partial charge < -0.3 is 16.4 Å². The molecular weight excluding hydrogens is 372 g/mol. The average Bonchev–Trinajstić information content (AvgIpc) is 2.65. The number of hydrogen-bond donors (Lipinski definition) is 3. The van der Waals surface area contributed by atoms with E-state index in [1.165, 1.54) is 17.8 Å². The fraction of sp³-hybridized carbons (Fsp3) is 0.0556. The second-order valence-electron chi connectivity index (χ2n) is 5.43. The fourth-order valence-electron chi connectivity index (χ4n) is 2.25. The Kier molecular flexibility index (Phi) is 5.51. The van der Waals surface area contributed by atoms with Gasteiger partial charge in [0.25, 0.3) is 0 Å². The van der Waals surface area contributed by atoms with Crippen molar-refractivity contribution in [1.29, 1.82) is 0 Å². The lowest BCUT2D eigenvalue weighted by Crippen LogP contribution is -2.19. The van der Waals surface area contributed by atoms with Crippen LogP contribution in [0.25, 0.3) is 11.4 Å². The van der Waals surface area contributed by atoms with Gasteiger partial charge in [-0.2, -0.15) is 0 Å². The van der Waals surface area contributed by atoms with E-state index in [1.54, 1.807) is 30.5 Å². The summed E-state index contributed by atoms with van der Waals surface area (Å²) in [6.07, 6.45) is 3.55. The molecule has 0 aliphatic heterocycles. The van der Waals surface area contributed by atoms with E-state index in [4.69, 9.17) is 5.73 Å². The standard InChI is InChI=1S/C18H15F2N5OS/c1-27-15-9-22-17(25-16(15)21)10-2-4-11(5-3-10)23-18(26)24-12-6-7-13(19)14(20)8-12/h2-9H,1H3,(H2,21,22,25)(H2,23,24,26). The predicted octanol–water partition coefficient (Wildman–Crippen LogP) is 4.37. The second kappa shape index (κ2) is 8.00. The number of thioether (sulfide) groups is 1. The van der Waals surface area contributed by atoms with Crippen LogP contribution in [-0.2, 0) is 0 Å². The largest absolute Gasteiger partial charge is 0.383 e. The number of hydrogen-bond acceptors (Lipinski definition) is 5. The minimum atomic E-state index is -1.04. The zero-order chi connectivity index (χ0) is 19.4. The van der Waals surface area contributed by atoms with Gasteiger partial charge in [-0.15, -0.1) is 11.8 Å². The van der Waals surface area contributed by atoms with Gasteiger partial charge in [-0.3, -0.25) is 0 Å². The molecule has 2 aromatic carbocycles. The van der Waals surface area contributed by atoms with E-state index in [1.807, 2.05) is 6.26 Å². The van der Waals surface area contributed by atoms with Crippen LogP contribution in [-0.4, -0.2) is 22.3 Å². The Balaban J connectivity index is 1.67. The Morgan fingerprint density at radius 1 is 1.04 bits per heavy atom. The zero-order valence-electron chi connectivity index (χ0n) is 14.2. The third-order valence-electron chi connectivity index (χ3n) is 3.58. The van der Waals surface area contributed by atoms with Crippen LogP contribution >= 0.6 is 11.8 Å². The molecule has 0 saturated heterocycles. The van der Waals surface area contributed by atoms with Crippen LogP contribution in [0.1, 0.15) is 0 Å². The van der Waals surface area contributed by atoms with Crippen molar-refractivity contribution in [2.45, 2.75) is 4.90 Å². The molecule has 0 aliphatic carbocycles. The van der Waals surface area contributed by atoms with Crippen molar-refractivity contribution in [3.63, 3.8) is 0 Å². The SMILES string of the molecule is CSc1cnc(-c2ccc(NC(=O)Nc3ccc(F)c(F)c3)cc2)nc1N. The van der Waals surface area contributed by atoms with E-state index in [2.05, 4.69) is 20.6 Å². The van der Waals surface area contributed by atoms with Gasteiger partial charge in [-0.25, -0.2) is 23.5 Å². The lowest BCUT2D eigenvalue weighted by Gasteiger charge is -2.09. The first kappa shape index (κ1) is 18.6. The number of halogens is 2. The maximum Gasteiger partial charge on any atom is 0.323 e. The van der Waals surface area contributed by atoms with E-state index in [9.17, 15) is 13.6 Å². The van der Waals surface area contributed by atoms with Gasteiger partial charge in [0.1, 0.15) is 5.82 Å². The van der Waals surface area contributed by atoms with Crippen LogP contribution < -0.4 is 16.4 Å². The van der Waals surface area contributed by atoms with Crippen molar-refractivity contribution in [3.8, 4) is 11.4 Å². The summed E-state index contributed by atoms with van der Waals surface area (Å²) < 4.78 is 26.1. The van der Waals surface area contributed by atoms with Crippen LogP contribution in [0.2, 0.25) is 0 Å². The van der Waals surface area contributed by atoms with E-state index < -0.39 is 17.7 Å². The molecule has 4 N–H and O–H groups in total. The van der Waals surface area contributed by atoms with Gasteiger partial charge in [0, 0.05) is 29.2 Å². The molecular formula is C18H15F2N5OS. The van der Waals surface area contributed by atoms with Gasteiger partial charge in [-0.1, -0.05) is 0 Å². The number of aromatic nitrogens is 2. The molecule has 0 atom stereocenters. The Labute approximate surface area is 158 Å². The third kappa shape index (κ3) is 4.50. The lowest BCUT2D eigenvalue weighted by atomic mass is 10.2. The van der Waals surface area contributed by atoms with Crippen molar-refractivity contribution < 1.29 is 13.6 Å². The highest BCUT2D eigenvalue weighted by Crippen LogP contribution is 2.24. The molecule has 2 amide bonds. The van der Waals surface area contributed by atoms with Crippen molar-refractivity contribution in [2.24, 2.45) is 0 Å². The quantitative estimate of drug-likeness (QED) is 0.578. The first-order valence-corrected chi connectivity index (χ1v) is 8.98. The van der Waals surface area contributed by atoms with Crippen LogP contribution in [0.4, 0.5) is 30.8 Å². The van der Waals surface area contributed by atoms with E-state index in [0.29, 0.717) is 17.3 Å². The van der Waals surface area contributed by atoms with Gasteiger partial charge >= 0.3 is 6.03 Å². The molecule has 0 unspecified atom stereocenters. The molecule has 0 radical (unpaired) electrons. The highest BCUT2D eigenvalue weighted by Gasteiger charge is 2.08. The lowest BCUT2D eigenvalue weighted by molar-refractivity contribution is 0.262. The Morgan fingerprint density at radius 2 is 1.70 bits per heavy atom. The second-order valence-corrected chi connectivity index (χ2v) is 6.28. The van der Waals surface area contributed by atoms with Gasteiger partial charge in [0.15, 0.2) is 17.5 Å². The number of carbonyl (C=O) groups excluding carboxylic acids is 1. The summed E-state index contributed by atoms with van der Waals surface area (Å²) in [5.74, 6) is -1.14. The molecule has 6 nitrogen and oxygen atoms in total. The number of benzene rings is 2. The first-order valence-electron chi connectivity index (χ1n) is 7.76. The molecule has 3 aromatic rings. The molecule has 1 heterocycles. The Hall–Kier alpha value is -3.20.